The van der Waals surface area contributed by atoms with E-state index in [1.807, 2.05) is 30.3 Å². The number of nitro groups is 1. The third-order valence-electron chi connectivity index (χ3n) is 3.10. The molecule has 2 rings (SSSR count). The number of ether oxygens (including phenoxy) is 1. The Morgan fingerprint density at radius 1 is 1.41 bits per heavy atom. The van der Waals surface area contributed by atoms with Gasteiger partial charge in [-0.3, -0.25) is 5.32 Å². The number of carbonyl (C=O) groups is 1. The first-order valence-electron chi connectivity index (χ1n) is 6.72. The van der Waals surface area contributed by atoms with Crippen molar-refractivity contribution < 1.29 is 14.5 Å². The number of aromatic nitrogens is 2. The number of benzene rings is 1. The van der Waals surface area contributed by atoms with E-state index in [9.17, 15) is 14.9 Å². The topological polar surface area (TPSA) is 99.3 Å². The van der Waals surface area contributed by atoms with Crippen LogP contribution in [-0.2, 0) is 17.9 Å². The zero-order valence-corrected chi connectivity index (χ0v) is 12.3. The van der Waals surface area contributed by atoms with Crippen LogP contribution in [0.1, 0.15) is 18.2 Å². The summed E-state index contributed by atoms with van der Waals surface area (Å²) in [4.78, 5) is 22.2. The lowest BCUT2D eigenvalue weighted by molar-refractivity contribution is -0.388. The van der Waals surface area contributed by atoms with Gasteiger partial charge in [0.2, 0.25) is 0 Å². The van der Waals surface area contributed by atoms with Gasteiger partial charge >= 0.3 is 11.9 Å². The highest BCUT2D eigenvalue weighted by atomic mass is 16.6. The molecule has 8 nitrogen and oxygen atoms in total. The molecule has 8 heteroatoms. The molecule has 0 saturated heterocycles. The fourth-order valence-corrected chi connectivity index (χ4v) is 1.97. The van der Waals surface area contributed by atoms with Crippen molar-refractivity contribution in [2.45, 2.75) is 27.0 Å². The second-order valence-corrected chi connectivity index (χ2v) is 4.54. The molecule has 0 bridgehead atoms. The minimum atomic E-state index is -0.759. The molecule has 0 fully saturated rings. The first-order valence-corrected chi connectivity index (χ1v) is 6.72. The molecule has 116 valence electrons. The zero-order chi connectivity index (χ0) is 16.1. The molecule has 0 aliphatic rings. The first kappa shape index (κ1) is 15.5. The maximum absolute atomic E-state index is 11.8. The predicted octanol–water partition coefficient (Wildman–Crippen LogP) is 2.87. The molecule has 0 aliphatic heterocycles. The molecule has 2 aromatic rings. The summed E-state index contributed by atoms with van der Waals surface area (Å²) >= 11 is 0. The van der Waals surface area contributed by atoms with Gasteiger partial charge in [-0.2, -0.15) is 4.68 Å². The van der Waals surface area contributed by atoms with Crippen LogP contribution in [0, 0.1) is 17.0 Å². The van der Waals surface area contributed by atoms with Gasteiger partial charge in [-0.1, -0.05) is 30.3 Å². The second-order valence-electron chi connectivity index (χ2n) is 4.54. The van der Waals surface area contributed by atoms with Crippen molar-refractivity contribution in [1.82, 2.24) is 9.78 Å². The van der Waals surface area contributed by atoms with E-state index in [-0.39, 0.29) is 12.3 Å². The summed E-state index contributed by atoms with van der Waals surface area (Å²) in [5.74, 6) is -0.393. The Morgan fingerprint density at radius 2 is 2.09 bits per heavy atom. The molecule has 1 aromatic carbocycles. The van der Waals surface area contributed by atoms with Crippen LogP contribution in [0.5, 0.6) is 0 Å². The molecule has 0 saturated carbocycles. The number of anilines is 1. The van der Waals surface area contributed by atoms with Crippen LogP contribution < -0.4 is 5.32 Å². The van der Waals surface area contributed by atoms with E-state index in [0.717, 1.165) is 5.56 Å². The Hall–Kier alpha value is -2.90. The number of nitrogens with one attached hydrogen (secondary N) is 1. The lowest BCUT2D eigenvalue weighted by atomic mass is 10.2. The van der Waals surface area contributed by atoms with Crippen molar-refractivity contribution in [1.29, 1.82) is 0 Å². The van der Waals surface area contributed by atoms with E-state index in [1.165, 1.54) is 4.68 Å². The van der Waals surface area contributed by atoms with Crippen molar-refractivity contribution in [3.05, 3.63) is 51.7 Å². The molecule has 1 aromatic heterocycles. The smallest absolute Gasteiger partial charge is 0.414 e. The number of rotatable bonds is 5. The van der Waals surface area contributed by atoms with Gasteiger partial charge in [0.05, 0.1) is 17.3 Å². The van der Waals surface area contributed by atoms with E-state index in [2.05, 4.69) is 10.4 Å². The zero-order valence-electron chi connectivity index (χ0n) is 12.3. The quantitative estimate of drug-likeness (QED) is 0.676. The maximum Gasteiger partial charge on any atom is 0.414 e. The standard InChI is InChI=1S/C14H16N4O4/c1-3-17-10(2)12(13(16-17)18(20)21)15-14(19)22-9-11-7-5-4-6-8-11/h4-8H,3,9H2,1-2H3,(H,15,19). The monoisotopic (exact) mass is 304 g/mol. The number of nitrogens with zero attached hydrogens (tertiary/aromatic N) is 3. The summed E-state index contributed by atoms with van der Waals surface area (Å²) in [6.07, 6.45) is -0.759. The van der Waals surface area contributed by atoms with Crippen LogP contribution in [0.25, 0.3) is 0 Å². The minimum absolute atomic E-state index is 0.0601. The summed E-state index contributed by atoms with van der Waals surface area (Å²) in [5, 5.41) is 17.2. The highest BCUT2D eigenvalue weighted by Gasteiger charge is 2.26. The molecule has 1 amide bonds. The van der Waals surface area contributed by atoms with Crippen molar-refractivity contribution >= 4 is 17.6 Å². The summed E-state index contributed by atoms with van der Waals surface area (Å²) in [5.41, 5.74) is 1.39. The Morgan fingerprint density at radius 3 is 2.68 bits per heavy atom. The molecular weight excluding hydrogens is 288 g/mol. The average Bonchev–Trinajstić information content (AvgIpc) is 2.83. The SMILES string of the molecule is CCn1nc([N+](=O)[O-])c(NC(=O)OCc2ccccc2)c1C. The molecule has 0 unspecified atom stereocenters. The van der Waals surface area contributed by atoms with Crippen molar-refractivity contribution in [2.75, 3.05) is 5.32 Å². The average molecular weight is 304 g/mol. The van der Waals surface area contributed by atoms with Gasteiger partial charge in [0.1, 0.15) is 6.61 Å². The molecule has 0 radical (unpaired) electrons. The second kappa shape index (κ2) is 6.70. The van der Waals surface area contributed by atoms with Crippen LogP contribution in [-0.4, -0.2) is 20.8 Å². The van der Waals surface area contributed by atoms with Gasteiger partial charge in [0.15, 0.2) is 5.69 Å². The summed E-state index contributed by atoms with van der Waals surface area (Å²) in [6, 6.07) is 9.15. The third-order valence-corrected chi connectivity index (χ3v) is 3.10. The molecule has 1 heterocycles. The van der Waals surface area contributed by atoms with E-state index in [0.29, 0.717) is 12.2 Å². The summed E-state index contributed by atoms with van der Waals surface area (Å²) in [6.45, 7) is 4.01. The fraction of sp³-hybridized carbons (Fsp3) is 0.286. The van der Waals surface area contributed by atoms with Crippen molar-refractivity contribution in [2.24, 2.45) is 0 Å². The van der Waals surface area contributed by atoms with Gasteiger partial charge in [0, 0.05) is 0 Å². The molecule has 0 atom stereocenters. The highest BCUT2D eigenvalue weighted by Crippen LogP contribution is 2.27. The van der Waals surface area contributed by atoms with Gasteiger partial charge in [0.25, 0.3) is 0 Å². The largest absolute Gasteiger partial charge is 0.444 e. The number of hydrogen-bond donors (Lipinski definition) is 1. The van der Waals surface area contributed by atoms with Crippen LogP contribution in [0.4, 0.5) is 16.3 Å². The van der Waals surface area contributed by atoms with Gasteiger partial charge in [-0.25, -0.2) is 4.79 Å². The van der Waals surface area contributed by atoms with E-state index < -0.39 is 16.8 Å². The third kappa shape index (κ3) is 3.40. The number of aryl methyl sites for hydroxylation is 1. The molecule has 0 aliphatic carbocycles. The molecule has 0 spiro atoms. The normalized spacial score (nSPS) is 10.3. The van der Waals surface area contributed by atoms with E-state index >= 15 is 0 Å². The number of amides is 1. The Balaban J connectivity index is 2.08. The Bertz CT molecular complexity index is 682. The lowest BCUT2D eigenvalue weighted by Crippen LogP contribution is -2.15. The molecule has 22 heavy (non-hydrogen) atoms. The predicted molar refractivity (Wildman–Crippen MR) is 79.5 cm³/mol. The number of hydrogen-bond acceptors (Lipinski definition) is 5. The van der Waals surface area contributed by atoms with Crippen LogP contribution in [0.15, 0.2) is 30.3 Å². The Kier molecular flexibility index (Phi) is 4.72. The van der Waals surface area contributed by atoms with Gasteiger partial charge < -0.3 is 14.9 Å². The van der Waals surface area contributed by atoms with Gasteiger partial charge in [-0.05, 0) is 24.3 Å². The van der Waals surface area contributed by atoms with Crippen LogP contribution >= 0.6 is 0 Å². The summed E-state index contributed by atoms with van der Waals surface area (Å²) < 4.78 is 6.50. The fourth-order valence-electron chi connectivity index (χ4n) is 1.97. The maximum atomic E-state index is 11.8. The van der Waals surface area contributed by atoms with Crippen LogP contribution in [0.2, 0.25) is 0 Å². The summed E-state index contributed by atoms with van der Waals surface area (Å²) in [7, 11) is 0. The highest BCUT2D eigenvalue weighted by molar-refractivity contribution is 5.88. The minimum Gasteiger partial charge on any atom is -0.444 e. The first-order chi connectivity index (χ1) is 10.5. The number of carbonyl (C=O) groups excluding carboxylic acids is 1. The van der Waals surface area contributed by atoms with E-state index in [4.69, 9.17) is 4.74 Å². The van der Waals surface area contributed by atoms with E-state index in [1.54, 1.807) is 13.8 Å². The van der Waals surface area contributed by atoms with Crippen LogP contribution in [0.3, 0.4) is 0 Å². The van der Waals surface area contributed by atoms with Crippen molar-refractivity contribution in [3.63, 3.8) is 0 Å². The Labute approximate surface area is 126 Å². The van der Waals surface area contributed by atoms with Crippen molar-refractivity contribution in [3.8, 4) is 0 Å². The lowest BCUT2D eigenvalue weighted by Gasteiger charge is -2.06. The van der Waals surface area contributed by atoms with Gasteiger partial charge in [-0.15, -0.1) is 0 Å². The molecular formula is C14H16N4O4. The molecule has 1 N–H and O–H groups in total.